The minimum absolute atomic E-state index is 0.0641. The summed E-state index contributed by atoms with van der Waals surface area (Å²) in [6.07, 6.45) is 0.522. The van der Waals surface area contributed by atoms with E-state index in [1.165, 1.54) is 0 Å². The summed E-state index contributed by atoms with van der Waals surface area (Å²) in [7, 11) is -0.784. The van der Waals surface area contributed by atoms with Gasteiger partial charge in [0.15, 0.2) is 0 Å². The molecule has 5 heteroatoms. The molecule has 1 heterocycles. The molecule has 1 atom stereocenters. The van der Waals surface area contributed by atoms with Crippen LogP contribution in [0.4, 0.5) is 0 Å². The second-order valence-electron chi connectivity index (χ2n) is 7.67. The van der Waals surface area contributed by atoms with Crippen LogP contribution in [0.2, 0.25) is 13.1 Å². The van der Waals surface area contributed by atoms with E-state index in [1.807, 2.05) is 6.92 Å². The van der Waals surface area contributed by atoms with Crippen LogP contribution < -0.4 is 0 Å². The van der Waals surface area contributed by atoms with E-state index >= 15 is 0 Å². The average molecular weight is 329 g/mol. The normalized spacial score (nSPS) is 21.6. The van der Waals surface area contributed by atoms with Crippen LogP contribution in [-0.4, -0.2) is 68.6 Å². The summed E-state index contributed by atoms with van der Waals surface area (Å²) in [5.74, 6) is 0.583. The molecule has 1 saturated heterocycles. The number of hydrogen-bond acceptors (Lipinski definition) is 4. The lowest BCUT2D eigenvalue weighted by Crippen LogP contribution is -2.65. The Labute approximate surface area is 138 Å². The topological polar surface area (TPSA) is 32.8 Å². The highest BCUT2D eigenvalue weighted by molar-refractivity contribution is 6.57. The van der Waals surface area contributed by atoms with E-state index in [0.717, 1.165) is 26.2 Å². The number of rotatable bonds is 7. The number of hydrogen-bond donors (Lipinski definition) is 0. The van der Waals surface area contributed by atoms with E-state index in [0.29, 0.717) is 24.6 Å². The van der Waals surface area contributed by atoms with Gasteiger partial charge in [-0.15, -0.1) is 0 Å². The van der Waals surface area contributed by atoms with Gasteiger partial charge >= 0.3 is 5.97 Å². The van der Waals surface area contributed by atoms with Crippen LogP contribution in [0.15, 0.2) is 0 Å². The van der Waals surface area contributed by atoms with Gasteiger partial charge in [0.05, 0.1) is 21.8 Å². The molecule has 0 bridgehead atoms. The highest BCUT2D eigenvalue weighted by Crippen LogP contribution is 2.29. The molecule has 1 fully saturated rings. The third kappa shape index (κ3) is 5.07. The third-order valence-corrected chi connectivity index (χ3v) is 7.47. The zero-order valence-corrected chi connectivity index (χ0v) is 16.8. The summed E-state index contributed by atoms with van der Waals surface area (Å²) < 4.78 is 5.05. The van der Waals surface area contributed by atoms with Gasteiger partial charge in [-0.3, -0.25) is 9.69 Å². The minimum Gasteiger partial charge on any atom is -0.466 e. The van der Waals surface area contributed by atoms with Gasteiger partial charge in [0, 0.05) is 37.4 Å². The molecular weight excluding hydrogens is 292 g/mol. The molecule has 0 spiro atoms. The molecular formula is C17H36N2O2Si. The number of nitrogens with zero attached hydrogens (tertiary/aromatic N) is 2. The molecule has 0 radical (unpaired) electrons. The lowest BCUT2D eigenvalue weighted by atomic mass is 9.88. The maximum atomic E-state index is 11.6. The van der Waals surface area contributed by atoms with Gasteiger partial charge < -0.3 is 9.64 Å². The first-order chi connectivity index (χ1) is 10.2. The van der Waals surface area contributed by atoms with Gasteiger partial charge in [0.1, 0.15) is 0 Å². The summed E-state index contributed by atoms with van der Waals surface area (Å²) >= 11 is 0. The standard InChI is InChI=1S/C17H36N2O2Si/c1-8-21-16(20)9-10-18-11-12-19(15(13-18)22(6)7)17(4,5)14(2)3/h14-15,22H,8-13H2,1-7H3. The molecule has 22 heavy (non-hydrogen) atoms. The van der Waals surface area contributed by atoms with E-state index in [9.17, 15) is 4.79 Å². The van der Waals surface area contributed by atoms with Crippen molar-refractivity contribution in [1.82, 2.24) is 9.80 Å². The molecule has 0 aromatic carbocycles. The summed E-state index contributed by atoms with van der Waals surface area (Å²) in [6, 6.07) is 0. The Kier molecular flexibility index (Phi) is 7.55. The van der Waals surface area contributed by atoms with Crippen LogP contribution in [0.5, 0.6) is 0 Å². The maximum Gasteiger partial charge on any atom is 0.307 e. The van der Waals surface area contributed by atoms with E-state index in [2.05, 4.69) is 50.6 Å². The van der Waals surface area contributed by atoms with Crippen LogP contribution in [0.25, 0.3) is 0 Å². The second-order valence-corrected chi connectivity index (χ2v) is 10.9. The van der Waals surface area contributed by atoms with Gasteiger partial charge in [-0.1, -0.05) is 26.9 Å². The van der Waals surface area contributed by atoms with Gasteiger partial charge in [-0.25, -0.2) is 0 Å². The van der Waals surface area contributed by atoms with E-state index < -0.39 is 8.80 Å². The lowest BCUT2D eigenvalue weighted by molar-refractivity contribution is -0.143. The Morgan fingerprint density at radius 3 is 2.45 bits per heavy atom. The molecule has 1 aliphatic rings. The van der Waals surface area contributed by atoms with E-state index in [-0.39, 0.29) is 11.5 Å². The summed E-state index contributed by atoms with van der Waals surface area (Å²) in [5.41, 5.74) is 0.933. The van der Waals surface area contributed by atoms with Gasteiger partial charge in [0.2, 0.25) is 0 Å². The van der Waals surface area contributed by atoms with Gasteiger partial charge in [-0.2, -0.15) is 0 Å². The Bertz CT molecular complexity index is 359. The van der Waals surface area contributed by atoms with Crippen LogP contribution in [0, 0.1) is 5.92 Å². The highest BCUT2D eigenvalue weighted by Gasteiger charge is 2.39. The first-order valence-electron chi connectivity index (χ1n) is 8.84. The van der Waals surface area contributed by atoms with Crippen LogP contribution in [0.3, 0.4) is 0 Å². The lowest BCUT2D eigenvalue weighted by Gasteiger charge is -2.52. The van der Waals surface area contributed by atoms with Crippen molar-refractivity contribution in [1.29, 1.82) is 0 Å². The van der Waals surface area contributed by atoms with Crippen molar-refractivity contribution in [2.24, 2.45) is 5.92 Å². The van der Waals surface area contributed by atoms with Crippen molar-refractivity contribution < 1.29 is 9.53 Å². The summed E-state index contributed by atoms with van der Waals surface area (Å²) in [5, 5.41) is 0. The number of carbonyl (C=O) groups is 1. The molecule has 0 N–H and O–H groups in total. The summed E-state index contributed by atoms with van der Waals surface area (Å²) in [4.78, 5) is 16.8. The number of piperazine rings is 1. The largest absolute Gasteiger partial charge is 0.466 e. The van der Waals surface area contributed by atoms with Crippen molar-refractivity contribution in [2.45, 2.75) is 65.3 Å². The van der Waals surface area contributed by atoms with Gasteiger partial charge in [-0.05, 0) is 26.7 Å². The van der Waals surface area contributed by atoms with Crippen molar-refractivity contribution in [2.75, 3.05) is 32.8 Å². The second kappa shape index (κ2) is 8.46. The Hall–Kier alpha value is -0.393. The van der Waals surface area contributed by atoms with E-state index in [1.54, 1.807) is 0 Å². The molecule has 1 aliphatic heterocycles. The summed E-state index contributed by atoms with van der Waals surface area (Å²) in [6.45, 7) is 20.8. The maximum absolute atomic E-state index is 11.6. The van der Waals surface area contributed by atoms with Crippen LogP contribution in [-0.2, 0) is 9.53 Å². The first-order valence-corrected chi connectivity index (χ1v) is 11.8. The predicted octanol–water partition coefficient (Wildman–Crippen LogP) is 2.39. The molecule has 1 unspecified atom stereocenters. The van der Waals surface area contributed by atoms with Crippen molar-refractivity contribution in [3.8, 4) is 0 Å². The SMILES string of the molecule is CCOC(=O)CCN1CCN(C(C)(C)C(C)C)C([SiH](C)C)C1. The molecule has 4 nitrogen and oxygen atoms in total. The fourth-order valence-electron chi connectivity index (χ4n) is 3.17. The van der Waals surface area contributed by atoms with Crippen molar-refractivity contribution >= 4 is 14.8 Å². The molecule has 0 amide bonds. The fourth-order valence-corrected chi connectivity index (χ4v) is 5.15. The third-order valence-electron chi connectivity index (χ3n) is 5.36. The Balaban J connectivity index is 2.65. The number of ether oxygens (including phenoxy) is 1. The molecule has 1 rings (SSSR count). The predicted molar refractivity (Wildman–Crippen MR) is 96.0 cm³/mol. The fraction of sp³-hybridized carbons (Fsp3) is 0.941. The van der Waals surface area contributed by atoms with Crippen LogP contribution >= 0.6 is 0 Å². The first kappa shape index (κ1) is 19.7. The molecule has 0 aliphatic carbocycles. The Morgan fingerprint density at radius 1 is 1.32 bits per heavy atom. The molecule has 0 saturated carbocycles. The zero-order valence-electron chi connectivity index (χ0n) is 15.7. The number of esters is 1. The average Bonchev–Trinajstić information content (AvgIpc) is 2.44. The van der Waals surface area contributed by atoms with Crippen molar-refractivity contribution in [3.63, 3.8) is 0 Å². The minimum atomic E-state index is -0.784. The molecule has 0 aromatic heterocycles. The Morgan fingerprint density at radius 2 is 1.95 bits per heavy atom. The monoisotopic (exact) mass is 328 g/mol. The molecule has 0 aromatic rings. The van der Waals surface area contributed by atoms with Gasteiger partial charge in [0.25, 0.3) is 0 Å². The van der Waals surface area contributed by atoms with E-state index in [4.69, 9.17) is 4.74 Å². The molecule has 130 valence electrons. The van der Waals surface area contributed by atoms with Crippen molar-refractivity contribution in [3.05, 3.63) is 0 Å². The quantitative estimate of drug-likeness (QED) is 0.531. The smallest absolute Gasteiger partial charge is 0.307 e. The van der Waals surface area contributed by atoms with Crippen LogP contribution in [0.1, 0.15) is 41.0 Å². The highest BCUT2D eigenvalue weighted by atomic mass is 28.3. The number of carbonyl (C=O) groups excluding carboxylic acids is 1. The zero-order chi connectivity index (χ0) is 16.9.